The van der Waals surface area contributed by atoms with Crippen LogP contribution in [0.2, 0.25) is 0 Å². The molecular weight excluding hydrogens is 648 g/mol. The topological polar surface area (TPSA) is 110 Å². The van der Waals surface area contributed by atoms with Gasteiger partial charge in [0.2, 0.25) is 5.91 Å². The van der Waals surface area contributed by atoms with Crippen molar-refractivity contribution in [3.8, 4) is 5.75 Å². The van der Waals surface area contributed by atoms with Crippen LogP contribution in [-0.4, -0.2) is 104 Å². The molecule has 6 rings (SSSR count). The number of hydrogen-bond acceptors (Lipinski definition) is 8. The number of ether oxygens (including phenoxy) is 2. The molecule has 3 saturated heterocycles. The molecule has 3 aliphatic rings. The van der Waals surface area contributed by atoms with Crippen molar-refractivity contribution in [2.24, 2.45) is 13.0 Å². The number of aromatic nitrogens is 2. The number of piperazine rings is 1. The second-order valence-corrected chi connectivity index (χ2v) is 15.8. The van der Waals surface area contributed by atoms with Crippen LogP contribution in [0.3, 0.4) is 0 Å². The van der Waals surface area contributed by atoms with Crippen LogP contribution in [0.5, 0.6) is 5.75 Å². The zero-order valence-electron chi connectivity index (χ0n) is 31.3. The van der Waals surface area contributed by atoms with Gasteiger partial charge in [0.15, 0.2) is 0 Å². The monoisotopic (exact) mass is 702 g/mol. The summed E-state index contributed by atoms with van der Waals surface area (Å²) in [6, 6.07) is 13.4. The Labute approximate surface area is 300 Å². The predicted molar refractivity (Wildman–Crippen MR) is 195 cm³/mol. The normalized spacial score (nSPS) is 22.9. The van der Waals surface area contributed by atoms with Gasteiger partial charge < -0.3 is 14.4 Å². The molecule has 3 fully saturated rings. The molecule has 3 atom stereocenters. The standard InChI is InChI=1S/C39H54N6O6/c1-26-21-41(22-27(2)43(26)24-29-16-18-42(19-17-29)38(49)51-39(3,4)5)23-30-10-13-32-34(20-30)40(6)37(48)45(32)33-14-15-35(46)44(36(33)47)25-28-8-11-31(50-7)12-9-28/h8-13,20,26-27,29,33H,14-19,21-25H2,1-7H3/t26-,27+,33?. The molecule has 1 aromatic heterocycles. The highest BCUT2D eigenvalue weighted by Gasteiger charge is 2.38. The minimum Gasteiger partial charge on any atom is -0.497 e. The summed E-state index contributed by atoms with van der Waals surface area (Å²) in [6.07, 6.45) is 2.25. The molecule has 3 aliphatic heterocycles. The Balaban J connectivity index is 1.09. The van der Waals surface area contributed by atoms with Crippen molar-refractivity contribution in [3.05, 3.63) is 64.1 Å². The molecule has 12 heteroatoms. The second kappa shape index (κ2) is 14.8. The first-order valence-electron chi connectivity index (χ1n) is 18.4. The molecule has 4 heterocycles. The molecule has 0 aliphatic carbocycles. The highest BCUT2D eigenvalue weighted by Crippen LogP contribution is 2.30. The Morgan fingerprint density at radius 1 is 0.863 bits per heavy atom. The van der Waals surface area contributed by atoms with Crippen molar-refractivity contribution in [2.45, 2.75) is 97.1 Å². The summed E-state index contributed by atoms with van der Waals surface area (Å²) < 4.78 is 14.0. The van der Waals surface area contributed by atoms with E-state index in [1.807, 2.05) is 43.9 Å². The van der Waals surface area contributed by atoms with Crippen LogP contribution in [0.25, 0.3) is 11.0 Å². The van der Waals surface area contributed by atoms with Gasteiger partial charge in [-0.3, -0.25) is 33.4 Å². The van der Waals surface area contributed by atoms with Gasteiger partial charge >= 0.3 is 11.8 Å². The first kappa shape index (κ1) is 36.6. The van der Waals surface area contributed by atoms with E-state index in [1.54, 1.807) is 35.4 Å². The summed E-state index contributed by atoms with van der Waals surface area (Å²) in [7, 11) is 3.34. The molecule has 0 spiro atoms. The summed E-state index contributed by atoms with van der Waals surface area (Å²) >= 11 is 0. The molecule has 12 nitrogen and oxygen atoms in total. The van der Waals surface area contributed by atoms with Gasteiger partial charge in [-0.2, -0.15) is 0 Å². The van der Waals surface area contributed by atoms with Crippen LogP contribution in [0.15, 0.2) is 47.3 Å². The summed E-state index contributed by atoms with van der Waals surface area (Å²) in [6.45, 7) is 15.6. The Morgan fingerprint density at radius 2 is 1.51 bits per heavy atom. The van der Waals surface area contributed by atoms with Crippen molar-refractivity contribution in [2.75, 3.05) is 39.8 Å². The lowest BCUT2D eigenvalue weighted by atomic mass is 9.94. The first-order valence-corrected chi connectivity index (χ1v) is 18.4. The highest BCUT2D eigenvalue weighted by molar-refractivity contribution is 6.00. The molecule has 1 unspecified atom stereocenters. The minimum atomic E-state index is -0.748. The first-order chi connectivity index (χ1) is 24.2. The van der Waals surface area contributed by atoms with Gasteiger partial charge in [-0.1, -0.05) is 18.2 Å². The van der Waals surface area contributed by atoms with Gasteiger partial charge in [0.05, 0.1) is 24.7 Å². The van der Waals surface area contributed by atoms with Crippen molar-refractivity contribution < 1.29 is 23.9 Å². The van der Waals surface area contributed by atoms with Crippen molar-refractivity contribution >= 4 is 28.9 Å². The zero-order valence-corrected chi connectivity index (χ0v) is 31.3. The Hall–Kier alpha value is -4.16. The molecule has 3 amide bonds. The number of piperidine rings is 2. The number of fused-ring (bicyclic) bond motifs is 1. The molecular formula is C39H54N6O6. The van der Waals surface area contributed by atoms with Crippen molar-refractivity contribution in [3.63, 3.8) is 0 Å². The van der Waals surface area contributed by atoms with Crippen LogP contribution >= 0.6 is 0 Å². The summed E-state index contributed by atoms with van der Waals surface area (Å²) in [5, 5.41) is 0. The van der Waals surface area contributed by atoms with Gasteiger partial charge in [-0.15, -0.1) is 0 Å². The lowest BCUT2D eigenvalue weighted by Crippen LogP contribution is -2.57. The second-order valence-electron chi connectivity index (χ2n) is 15.8. The van der Waals surface area contributed by atoms with E-state index in [0.29, 0.717) is 35.7 Å². The van der Waals surface area contributed by atoms with E-state index in [9.17, 15) is 19.2 Å². The lowest BCUT2D eigenvalue weighted by Gasteiger charge is -2.46. The summed E-state index contributed by atoms with van der Waals surface area (Å²) in [5.74, 6) is 0.674. The number of methoxy groups -OCH3 is 1. The summed E-state index contributed by atoms with van der Waals surface area (Å²) in [4.78, 5) is 61.1. The van der Waals surface area contributed by atoms with Gasteiger partial charge in [0, 0.05) is 64.8 Å². The maximum absolute atomic E-state index is 13.8. The zero-order chi connectivity index (χ0) is 36.6. The maximum atomic E-state index is 13.8. The van der Waals surface area contributed by atoms with Crippen molar-refractivity contribution in [1.29, 1.82) is 0 Å². The minimum absolute atomic E-state index is 0.152. The van der Waals surface area contributed by atoms with Gasteiger partial charge in [-0.05, 0) is 95.2 Å². The van der Waals surface area contributed by atoms with Crippen LogP contribution in [0.1, 0.15) is 77.5 Å². The number of aryl methyl sites for hydroxylation is 1. The van der Waals surface area contributed by atoms with Crippen LogP contribution in [0, 0.1) is 5.92 Å². The third kappa shape index (κ3) is 8.02. The average Bonchev–Trinajstić information content (AvgIpc) is 3.33. The molecule has 0 N–H and O–H groups in total. The molecule has 51 heavy (non-hydrogen) atoms. The van der Waals surface area contributed by atoms with E-state index in [4.69, 9.17) is 9.47 Å². The number of imide groups is 1. The third-order valence-corrected chi connectivity index (χ3v) is 10.8. The summed E-state index contributed by atoms with van der Waals surface area (Å²) in [5.41, 5.74) is 2.68. The fourth-order valence-electron chi connectivity index (χ4n) is 8.09. The average molecular weight is 703 g/mol. The number of amides is 3. The van der Waals surface area contributed by atoms with E-state index < -0.39 is 11.6 Å². The number of rotatable bonds is 8. The molecule has 0 radical (unpaired) electrons. The fraction of sp³-hybridized carbons (Fsp3) is 0.590. The van der Waals surface area contributed by atoms with Crippen LogP contribution < -0.4 is 10.4 Å². The van der Waals surface area contributed by atoms with Gasteiger partial charge in [0.1, 0.15) is 17.4 Å². The fourth-order valence-corrected chi connectivity index (χ4v) is 8.09. The lowest BCUT2D eigenvalue weighted by molar-refractivity contribution is -0.151. The van der Waals surface area contributed by atoms with E-state index >= 15 is 0 Å². The third-order valence-electron chi connectivity index (χ3n) is 10.8. The number of nitrogens with zero attached hydrogens (tertiary/aromatic N) is 6. The van der Waals surface area contributed by atoms with Crippen LogP contribution in [-0.2, 0) is 34.5 Å². The molecule has 3 aromatic rings. The predicted octanol–water partition coefficient (Wildman–Crippen LogP) is 4.78. The van der Waals surface area contributed by atoms with E-state index in [1.165, 1.54) is 4.90 Å². The quantitative estimate of drug-likeness (QED) is 0.309. The highest BCUT2D eigenvalue weighted by atomic mass is 16.6. The number of likely N-dealkylation sites (tertiary alicyclic amines) is 2. The smallest absolute Gasteiger partial charge is 0.410 e. The number of imidazole rings is 1. The molecule has 0 bridgehead atoms. The Kier molecular flexibility index (Phi) is 10.6. The molecule has 0 saturated carbocycles. The maximum Gasteiger partial charge on any atom is 0.410 e. The number of hydrogen-bond donors (Lipinski definition) is 0. The van der Waals surface area contributed by atoms with Gasteiger partial charge in [-0.25, -0.2) is 9.59 Å². The SMILES string of the molecule is COc1ccc(CN2C(=O)CCC(n3c(=O)n(C)c4cc(CN5C[C@@H](C)N(CC6CCN(C(=O)OC(C)(C)C)CC6)[C@@H](C)C5)ccc43)C2=O)cc1. The Bertz CT molecular complexity index is 1790. The Morgan fingerprint density at radius 3 is 2.14 bits per heavy atom. The van der Waals surface area contributed by atoms with Gasteiger partial charge in [0.25, 0.3) is 5.91 Å². The van der Waals surface area contributed by atoms with Crippen molar-refractivity contribution in [1.82, 2.24) is 28.7 Å². The molecule has 276 valence electrons. The van der Waals surface area contributed by atoms with Crippen LogP contribution in [0.4, 0.5) is 4.79 Å². The molecule has 2 aromatic carbocycles. The largest absolute Gasteiger partial charge is 0.497 e. The van der Waals surface area contributed by atoms with E-state index in [2.05, 4.69) is 35.8 Å². The van der Waals surface area contributed by atoms with E-state index in [-0.39, 0.29) is 36.6 Å². The number of benzene rings is 2. The number of carbonyl (C=O) groups excluding carboxylic acids is 3. The van der Waals surface area contributed by atoms with E-state index in [0.717, 1.165) is 68.8 Å². The number of carbonyl (C=O) groups is 3.